The van der Waals surface area contributed by atoms with Crippen molar-refractivity contribution in [3.63, 3.8) is 0 Å². The summed E-state index contributed by atoms with van der Waals surface area (Å²) in [6, 6.07) is 27.4. The highest BCUT2D eigenvalue weighted by Crippen LogP contribution is 2.29. The van der Waals surface area contributed by atoms with Crippen LogP contribution in [0.4, 0.5) is 0 Å². The number of hydrogen-bond donors (Lipinski definition) is 0. The molecule has 8 nitrogen and oxygen atoms in total. The largest absolute Gasteiger partial charge is 0.497 e. The zero-order chi connectivity index (χ0) is 26.8. The molecule has 1 saturated heterocycles. The van der Waals surface area contributed by atoms with Gasteiger partial charge in [0.05, 0.1) is 24.1 Å². The Morgan fingerprint density at radius 3 is 2.15 bits per heavy atom. The van der Waals surface area contributed by atoms with Crippen LogP contribution in [0.3, 0.4) is 0 Å². The number of benzene rings is 3. The van der Waals surface area contributed by atoms with Crippen LogP contribution in [-0.4, -0.2) is 68.8 Å². The Labute approximate surface area is 228 Å². The van der Waals surface area contributed by atoms with Crippen LogP contribution in [-0.2, 0) is 6.54 Å². The number of hydrogen-bond acceptors (Lipinski definition) is 6. The van der Waals surface area contributed by atoms with E-state index in [4.69, 9.17) is 4.74 Å². The molecule has 0 unspecified atom stereocenters. The molecule has 0 aliphatic carbocycles. The van der Waals surface area contributed by atoms with Gasteiger partial charge in [-0.15, -0.1) is 10.2 Å². The third kappa shape index (κ3) is 4.93. The first-order chi connectivity index (χ1) is 19.1. The molecule has 0 amide bonds. The van der Waals surface area contributed by atoms with Gasteiger partial charge >= 0.3 is 0 Å². The van der Waals surface area contributed by atoms with Gasteiger partial charge in [-0.3, -0.25) is 18.7 Å². The first-order valence-electron chi connectivity index (χ1n) is 13.6. The van der Waals surface area contributed by atoms with Crippen LogP contribution in [0.2, 0.25) is 0 Å². The molecule has 0 atom stereocenters. The summed E-state index contributed by atoms with van der Waals surface area (Å²) in [5.74, 6) is 2.02. The van der Waals surface area contributed by atoms with E-state index in [1.807, 2.05) is 29.5 Å². The molecule has 1 aliphatic heterocycles. The fraction of sp³-hybridized carbons (Fsp3) is 0.323. The summed E-state index contributed by atoms with van der Waals surface area (Å²) in [4.78, 5) is 18.6. The first-order valence-corrected chi connectivity index (χ1v) is 13.6. The Kier molecular flexibility index (Phi) is 7.13. The van der Waals surface area contributed by atoms with Crippen molar-refractivity contribution in [3.05, 3.63) is 106 Å². The number of rotatable bonds is 8. The summed E-state index contributed by atoms with van der Waals surface area (Å²) in [5.41, 5.74) is 3.41. The zero-order valence-electron chi connectivity index (χ0n) is 22.5. The van der Waals surface area contributed by atoms with E-state index in [0.29, 0.717) is 23.5 Å². The van der Waals surface area contributed by atoms with Gasteiger partial charge in [0.25, 0.3) is 5.56 Å². The second-order valence-electron chi connectivity index (χ2n) is 10.2. The fourth-order valence-corrected chi connectivity index (χ4v) is 5.84. The van der Waals surface area contributed by atoms with Gasteiger partial charge in [0.15, 0.2) is 0 Å². The first kappa shape index (κ1) is 25.3. The number of ether oxygens (including phenoxy) is 1. The normalized spacial score (nSPS) is 14.9. The van der Waals surface area contributed by atoms with Crippen LogP contribution in [0, 0.1) is 6.92 Å². The van der Waals surface area contributed by atoms with Crippen LogP contribution in [0.1, 0.15) is 29.4 Å². The third-order valence-electron chi connectivity index (χ3n) is 7.83. The van der Waals surface area contributed by atoms with E-state index >= 15 is 0 Å². The van der Waals surface area contributed by atoms with E-state index in [9.17, 15) is 4.79 Å². The third-order valence-corrected chi connectivity index (χ3v) is 7.83. The maximum atomic E-state index is 13.5. The Balaban J connectivity index is 1.15. The molecule has 5 aromatic rings. The zero-order valence-corrected chi connectivity index (χ0v) is 22.5. The summed E-state index contributed by atoms with van der Waals surface area (Å²) in [7, 11) is 1.61. The number of nitrogens with zero attached hydrogens (tertiary/aromatic N) is 6. The lowest BCUT2D eigenvalue weighted by molar-refractivity contribution is 0.108. The number of piperazine rings is 1. The fourth-order valence-electron chi connectivity index (χ4n) is 5.84. The lowest BCUT2D eigenvalue weighted by Crippen LogP contribution is -2.48. The highest BCUT2D eigenvalue weighted by atomic mass is 16.5. The van der Waals surface area contributed by atoms with Gasteiger partial charge in [-0.05, 0) is 49.2 Å². The van der Waals surface area contributed by atoms with Gasteiger partial charge in [-0.1, -0.05) is 60.7 Å². The average Bonchev–Trinajstić information content (AvgIpc) is 3.37. The summed E-state index contributed by atoms with van der Waals surface area (Å²) in [5, 5.41) is 9.23. The number of aryl methyl sites for hydroxylation is 2. The summed E-state index contributed by atoms with van der Waals surface area (Å²) in [6.07, 6.45) is 0.859. The van der Waals surface area contributed by atoms with Crippen LogP contribution in [0.15, 0.2) is 83.7 Å². The highest BCUT2D eigenvalue weighted by Gasteiger charge is 2.26. The van der Waals surface area contributed by atoms with E-state index in [-0.39, 0.29) is 11.6 Å². The molecule has 0 saturated carbocycles. The molecule has 8 heteroatoms. The molecule has 3 heterocycles. The molecule has 6 rings (SSSR count). The maximum absolute atomic E-state index is 13.5. The van der Waals surface area contributed by atoms with E-state index in [2.05, 4.69) is 80.7 Å². The predicted molar refractivity (Wildman–Crippen MR) is 153 cm³/mol. The molecule has 2 aromatic heterocycles. The second kappa shape index (κ2) is 11.0. The molecule has 0 radical (unpaired) electrons. The van der Waals surface area contributed by atoms with E-state index in [1.165, 1.54) is 11.1 Å². The second-order valence-corrected chi connectivity index (χ2v) is 10.2. The minimum absolute atomic E-state index is 0.0535. The Hall–Kier alpha value is -4.01. The average molecular weight is 523 g/mol. The molecular formula is C31H34N6O2. The quantitative estimate of drug-likeness (QED) is 0.305. The molecular weight excluding hydrogens is 488 g/mol. The van der Waals surface area contributed by atoms with Crippen molar-refractivity contribution in [2.75, 3.05) is 39.8 Å². The number of aromatic nitrogens is 4. The van der Waals surface area contributed by atoms with Gasteiger partial charge in [0.1, 0.15) is 11.6 Å². The number of methoxy groups -OCH3 is 1. The molecule has 0 N–H and O–H groups in total. The van der Waals surface area contributed by atoms with Crippen LogP contribution in [0.25, 0.3) is 16.7 Å². The molecule has 200 valence electrons. The molecule has 0 bridgehead atoms. The predicted octanol–water partition coefficient (Wildman–Crippen LogP) is 4.16. The Morgan fingerprint density at radius 2 is 1.51 bits per heavy atom. The Bertz CT molecular complexity index is 1580. The maximum Gasteiger partial charge on any atom is 0.262 e. The monoisotopic (exact) mass is 522 g/mol. The molecule has 3 aromatic carbocycles. The van der Waals surface area contributed by atoms with Crippen molar-refractivity contribution in [3.8, 4) is 5.75 Å². The van der Waals surface area contributed by atoms with Gasteiger partial charge in [-0.25, -0.2) is 0 Å². The SMILES string of the molecule is COc1ccc2c(c1)c(=O)n(CCCN1CCN(C(c3ccccc3)c3ccccc3)CC1)c1nnc(C)n21. The van der Waals surface area contributed by atoms with Gasteiger partial charge in [-0.2, -0.15) is 0 Å². The number of fused-ring (bicyclic) bond motifs is 3. The van der Waals surface area contributed by atoms with Gasteiger partial charge in [0, 0.05) is 32.7 Å². The van der Waals surface area contributed by atoms with Crippen molar-refractivity contribution >= 4 is 16.7 Å². The standard InChI is InChI=1S/C31H34N6O2/c1-23-32-33-31-36(30(38)27-22-26(39-2)14-15-28(27)37(23)31)17-9-16-34-18-20-35(21-19-34)29(24-10-5-3-6-11-24)25-12-7-4-8-13-25/h3-8,10-15,22,29H,9,16-21H2,1-2H3. The van der Waals surface area contributed by atoms with Crippen LogP contribution < -0.4 is 10.3 Å². The van der Waals surface area contributed by atoms with E-state index < -0.39 is 0 Å². The van der Waals surface area contributed by atoms with Crippen molar-refractivity contribution < 1.29 is 4.74 Å². The van der Waals surface area contributed by atoms with Crippen molar-refractivity contribution in [2.24, 2.45) is 0 Å². The van der Waals surface area contributed by atoms with E-state index in [1.54, 1.807) is 11.7 Å². The lowest BCUT2D eigenvalue weighted by Gasteiger charge is -2.39. The summed E-state index contributed by atoms with van der Waals surface area (Å²) in [6.45, 7) is 7.42. The minimum Gasteiger partial charge on any atom is -0.497 e. The topological polar surface area (TPSA) is 67.9 Å². The smallest absolute Gasteiger partial charge is 0.262 e. The van der Waals surface area contributed by atoms with E-state index in [0.717, 1.165) is 50.5 Å². The highest BCUT2D eigenvalue weighted by molar-refractivity contribution is 5.82. The molecule has 1 fully saturated rings. The van der Waals surface area contributed by atoms with Crippen molar-refractivity contribution in [1.82, 2.24) is 29.0 Å². The van der Waals surface area contributed by atoms with Gasteiger partial charge < -0.3 is 9.64 Å². The lowest BCUT2D eigenvalue weighted by atomic mass is 9.96. The van der Waals surface area contributed by atoms with Crippen LogP contribution in [0.5, 0.6) is 5.75 Å². The van der Waals surface area contributed by atoms with Gasteiger partial charge in [0.2, 0.25) is 5.78 Å². The molecule has 1 aliphatic rings. The van der Waals surface area contributed by atoms with Crippen molar-refractivity contribution in [2.45, 2.75) is 25.9 Å². The van der Waals surface area contributed by atoms with Crippen molar-refractivity contribution in [1.29, 1.82) is 0 Å². The molecule has 0 spiro atoms. The Morgan fingerprint density at radius 1 is 0.846 bits per heavy atom. The summed E-state index contributed by atoms with van der Waals surface area (Å²) >= 11 is 0. The molecule has 39 heavy (non-hydrogen) atoms. The minimum atomic E-state index is -0.0535. The summed E-state index contributed by atoms with van der Waals surface area (Å²) < 4.78 is 9.11. The van der Waals surface area contributed by atoms with Crippen LogP contribution >= 0.6 is 0 Å².